The largest absolute Gasteiger partial charge is 0.391 e. The number of nitrogens with zero attached hydrogens (tertiary/aromatic N) is 3. The van der Waals surface area contributed by atoms with Crippen molar-refractivity contribution in [2.75, 3.05) is 0 Å². The monoisotopic (exact) mass is 280 g/mol. The molecule has 2 heterocycles. The van der Waals surface area contributed by atoms with Crippen molar-refractivity contribution < 1.29 is 5.11 Å². The van der Waals surface area contributed by atoms with E-state index in [1.165, 1.54) is 0 Å². The van der Waals surface area contributed by atoms with Gasteiger partial charge in [0.1, 0.15) is 5.52 Å². The highest BCUT2D eigenvalue weighted by atomic mass is 32.1. The second-order valence-corrected chi connectivity index (χ2v) is 5.73. The molecule has 0 aliphatic heterocycles. The van der Waals surface area contributed by atoms with Gasteiger partial charge in [0.05, 0.1) is 17.8 Å². The maximum absolute atomic E-state index is 10.3. The van der Waals surface area contributed by atoms with Crippen LogP contribution in [0.2, 0.25) is 0 Å². The van der Waals surface area contributed by atoms with Crippen LogP contribution in [0.1, 0.15) is 44.3 Å². The van der Waals surface area contributed by atoms with Crippen molar-refractivity contribution in [1.29, 1.82) is 0 Å². The number of nitrogens with one attached hydrogen (secondary N) is 1. The summed E-state index contributed by atoms with van der Waals surface area (Å²) in [5.74, 6) is 0. The molecule has 0 bridgehead atoms. The molecule has 1 saturated carbocycles. The molecule has 2 N–H and O–H groups in total. The molecule has 0 spiro atoms. The van der Waals surface area contributed by atoms with Gasteiger partial charge in [0.15, 0.2) is 10.4 Å². The maximum Gasteiger partial charge on any atom is 0.179 e. The molecule has 0 aromatic carbocycles. The SMILES string of the molecule is CCc1nn(C)c2c1[nH]c(=S)n2C1CCCCC1O. The van der Waals surface area contributed by atoms with Crippen LogP contribution in [-0.2, 0) is 13.5 Å². The summed E-state index contributed by atoms with van der Waals surface area (Å²) in [6.45, 7) is 2.09. The number of fused-ring (bicyclic) bond motifs is 1. The maximum atomic E-state index is 10.3. The summed E-state index contributed by atoms with van der Waals surface area (Å²) in [5, 5.41) is 14.8. The Morgan fingerprint density at radius 2 is 2.16 bits per heavy atom. The zero-order valence-corrected chi connectivity index (χ0v) is 12.2. The standard InChI is InChI=1S/C13H20N4OS/c1-3-8-11-12(16(2)15-8)17(13(19)14-11)9-6-4-5-7-10(9)18/h9-10,18H,3-7H2,1-2H3,(H,14,19). The van der Waals surface area contributed by atoms with E-state index in [0.29, 0.717) is 4.77 Å². The molecule has 2 aromatic heterocycles. The Hall–Kier alpha value is -1.14. The Morgan fingerprint density at radius 3 is 2.84 bits per heavy atom. The predicted octanol–water partition coefficient (Wildman–Crippen LogP) is 2.47. The van der Waals surface area contributed by atoms with Gasteiger partial charge in [0, 0.05) is 7.05 Å². The molecule has 1 fully saturated rings. The third kappa shape index (κ3) is 1.94. The molecule has 1 aliphatic rings. The first kappa shape index (κ1) is 12.9. The lowest BCUT2D eigenvalue weighted by atomic mass is 9.92. The fraction of sp³-hybridized carbons (Fsp3) is 0.692. The number of aliphatic hydroxyl groups is 1. The van der Waals surface area contributed by atoms with Crippen LogP contribution in [0.3, 0.4) is 0 Å². The number of hydrogen-bond donors (Lipinski definition) is 2. The molecule has 0 radical (unpaired) electrons. The summed E-state index contributed by atoms with van der Waals surface area (Å²) in [4.78, 5) is 3.27. The van der Waals surface area contributed by atoms with E-state index in [1.807, 2.05) is 11.7 Å². The van der Waals surface area contributed by atoms with Crippen molar-refractivity contribution in [2.24, 2.45) is 7.05 Å². The normalized spacial score (nSPS) is 24.2. The fourth-order valence-electron chi connectivity index (χ4n) is 3.19. The van der Waals surface area contributed by atoms with Crippen molar-refractivity contribution in [1.82, 2.24) is 19.3 Å². The topological polar surface area (TPSA) is 58.8 Å². The Labute approximate surface area is 117 Å². The lowest BCUT2D eigenvalue weighted by molar-refractivity contribution is 0.0762. The van der Waals surface area contributed by atoms with Crippen molar-refractivity contribution in [3.05, 3.63) is 10.5 Å². The molecule has 0 amide bonds. The van der Waals surface area contributed by atoms with Crippen LogP contribution in [-0.4, -0.2) is 30.5 Å². The van der Waals surface area contributed by atoms with Crippen LogP contribution >= 0.6 is 12.2 Å². The molecule has 2 unspecified atom stereocenters. The van der Waals surface area contributed by atoms with E-state index >= 15 is 0 Å². The van der Waals surface area contributed by atoms with E-state index < -0.39 is 0 Å². The molecule has 6 heteroatoms. The second-order valence-electron chi connectivity index (χ2n) is 5.34. The predicted molar refractivity (Wildman–Crippen MR) is 76.8 cm³/mol. The number of aromatic amines is 1. The smallest absolute Gasteiger partial charge is 0.179 e. The summed E-state index contributed by atoms with van der Waals surface area (Å²) >= 11 is 5.46. The van der Waals surface area contributed by atoms with E-state index in [-0.39, 0.29) is 12.1 Å². The van der Waals surface area contributed by atoms with E-state index in [0.717, 1.165) is 49.0 Å². The zero-order chi connectivity index (χ0) is 13.6. The van der Waals surface area contributed by atoms with Gasteiger partial charge in [-0.15, -0.1) is 0 Å². The van der Waals surface area contributed by atoms with Gasteiger partial charge in [-0.05, 0) is 31.5 Å². The molecule has 5 nitrogen and oxygen atoms in total. The van der Waals surface area contributed by atoms with Crippen molar-refractivity contribution in [2.45, 2.75) is 51.2 Å². The highest BCUT2D eigenvalue weighted by molar-refractivity contribution is 7.71. The van der Waals surface area contributed by atoms with Crippen LogP contribution in [0.4, 0.5) is 0 Å². The van der Waals surface area contributed by atoms with E-state index in [1.54, 1.807) is 0 Å². The first-order chi connectivity index (χ1) is 9.13. The molecule has 0 saturated heterocycles. The third-order valence-electron chi connectivity index (χ3n) is 4.13. The Balaban J connectivity index is 2.20. The Morgan fingerprint density at radius 1 is 1.42 bits per heavy atom. The zero-order valence-electron chi connectivity index (χ0n) is 11.4. The number of aryl methyl sites for hydroxylation is 2. The number of hydrogen-bond acceptors (Lipinski definition) is 3. The van der Waals surface area contributed by atoms with Gasteiger partial charge >= 0.3 is 0 Å². The van der Waals surface area contributed by atoms with Crippen molar-refractivity contribution in [3.63, 3.8) is 0 Å². The molecule has 2 aromatic rings. The van der Waals surface area contributed by atoms with Crippen LogP contribution in [0.15, 0.2) is 0 Å². The lowest BCUT2D eigenvalue weighted by Crippen LogP contribution is -2.28. The minimum atomic E-state index is -0.306. The van der Waals surface area contributed by atoms with E-state index in [2.05, 4.69) is 21.6 Å². The number of H-pyrrole nitrogens is 1. The van der Waals surface area contributed by atoms with E-state index in [4.69, 9.17) is 12.2 Å². The highest BCUT2D eigenvalue weighted by Crippen LogP contribution is 2.32. The minimum absolute atomic E-state index is 0.0788. The molecule has 3 rings (SSSR count). The molecular formula is C13H20N4OS. The first-order valence-corrected chi connectivity index (χ1v) is 7.38. The molecule has 104 valence electrons. The third-order valence-corrected chi connectivity index (χ3v) is 4.43. The first-order valence-electron chi connectivity index (χ1n) is 6.97. The Bertz CT molecular complexity index is 653. The Kier molecular flexibility index (Phi) is 3.22. The summed E-state index contributed by atoms with van der Waals surface area (Å²) in [6.07, 6.45) is 4.66. The second kappa shape index (κ2) is 4.76. The minimum Gasteiger partial charge on any atom is -0.391 e. The molecule has 2 atom stereocenters. The van der Waals surface area contributed by atoms with Crippen LogP contribution in [0.25, 0.3) is 11.2 Å². The van der Waals surface area contributed by atoms with Gasteiger partial charge in [-0.1, -0.05) is 19.8 Å². The summed E-state index contributed by atoms with van der Waals surface area (Å²) in [7, 11) is 1.94. The van der Waals surface area contributed by atoms with Gasteiger partial charge < -0.3 is 10.1 Å². The molecule has 1 aliphatic carbocycles. The van der Waals surface area contributed by atoms with E-state index in [9.17, 15) is 5.11 Å². The average Bonchev–Trinajstić information content (AvgIpc) is 2.88. The number of imidazole rings is 1. The summed E-state index contributed by atoms with van der Waals surface area (Å²) in [6, 6.07) is 0.0788. The highest BCUT2D eigenvalue weighted by Gasteiger charge is 2.28. The van der Waals surface area contributed by atoms with Gasteiger partial charge in [-0.3, -0.25) is 9.25 Å². The van der Waals surface area contributed by atoms with Gasteiger partial charge in [0.2, 0.25) is 0 Å². The van der Waals surface area contributed by atoms with Crippen LogP contribution in [0.5, 0.6) is 0 Å². The number of rotatable bonds is 2. The molecular weight excluding hydrogens is 260 g/mol. The van der Waals surface area contributed by atoms with Crippen LogP contribution in [0, 0.1) is 4.77 Å². The number of aliphatic hydroxyl groups excluding tert-OH is 1. The average molecular weight is 280 g/mol. The summed E-state index contributed by atoms with van der Waals surface area (Å²) in [5.41, 5.74) is 3.06. The van der Waals surface area contributed by atoms with Crippen LogP contribution < -0.4 is 0 Å². The lowest BCUT2D eigenvalue weighted by Gasteiger charge is -2.29. The van der Waals surface area contributed by atoms with Crippen molar-refractivity contribution in [3.8, 4) is 0 Å². The summed E-state index contributed by atoms with van der Waals surface area (Å²) < 4.78 is 4.64. The van der Waals surface area contributed by atoms with Gasteiger partial charge in [-0.25, -0.2) is 0 Å². The molecule has 19 heavy (non-hydrogen) atoms. The quantitative estimate of drug-likeness (QED) is 0.831. The number of aromatic nitrogens is 4. The van der Waals surface area contributed by atoms with Gasteiger partial charge in [0.25, 0.3) is 0 Å². The van der Waals surface area contributed by atoms with Crippen molar-refractivity contribution >= 4 is 23.4 Å². The van der Waals surface area contributed by atoms with Gasteiger partial charge in [-0.2, -0.15) is 5.10 Å². The fourth-order valence-corrected chi connectivity index (χ4v) is 3.51.